The highest BCUT2D eigenvalue weighted by atomic mass is 19.1. The zero-order valence-electron chi connectivity index (χ0n) is 9.48. The maximum atomic E-state index is 12.8. The largest absolute Gasteiger partial charge is 0.411 e. The van der Waals surface area contributed by atoms with E-state index in [1.54, 1.807) is 12.1 Å². The maximum Gasteiger partial charge on any atom is 0.123 e. The number of hydrogen-bond donors (Lipinski definition) is 1. The lowest BCUT2D eigenvalue weighted by molar-refractivity contribution is 0.318. The van der Waals surface area contributed by atoms with Gasteiger partial charge < -0.3 is 5.21 Å². The van der Waals surface area contributed by atoms with E-state index in [4.69, 9.17) is 5.21 Å². The predicted molar refractivity (Wildman–Crippen MR) is 64.8 cm³/mol. The Balaban J connectivity index is 2.20. The van der Waals surface area contributed by atoms with Gasteiger partial charge in [0.05, 0.1) is 5.71 Å². The summed E-state index contributed by atoms with van der Waals surface area (Å²) >= 11 is 0. The van der Waals surface area contributed by atoms with E-state index in [9.17, 15) is 8.78 Å². The Morgan fingerprint density at radius 3 is 1.89 bits per heavy atom. The Hall–Kier alpha value is -2.23. The minimum atomic E-state index is -0.349. The van der Waals surface area contributed by atoms with Crippen LogP contribution in [-0.4, -0.2) is 10.9 Å². The summed E-state index contributed by atoms with van der Waals surface area (Å²) in [6.45, 7) is 0. The zero-order chi connectivity index (χ0) is 13.0. The van der Waals surface area contributed by atoms with Gasteiger partial charge >= 0.3 is 0 Å². The van der Waals surface area contributed by atoms with Crippen LogP contribution in [0.15, 0.2) is 53.7 Å². The molecule has 0 amide bonds. The minimum absolute atomic E-state index is 0.317. The van der Waals surface area contributed by atoms with Crippen molar-refractivity contribution in [3.63, 3.8) is 0 Å². The number of rotatable bonds is 3. The molecule has 4 heteroatoms. The van der Waals surface area contributed by atoms with Crippen LogP contribution in [0.4, 0.5) is 8.78 Å². The van der Waals surface area contributed by atoms with E-state index >= 15 is 0 Å². The highest BCUT2D eigenvalue weighted by Gasteiger charge is 2.06. The number of oxime groups is 1. The lowest BCUT2D eigenvalue weighted by Gasteiger charge is -2.05. The van der Waals surface area contributed by atoms with Crippen LogP contribution in [0.2, 0.25) is 0 Å². The topological polar surface area (TPSA) is 32.6 Å². The fourth-order valence-electron chi connectivity index (χ4n) is 1.63. The molecule has 2 rings (SSSR count). The molecule has 2 nitrogen and oxygen atoms in total. The Bertz CT molecular complexity index is 547. The van der Waals surface area contributed by atoms with Gasteiger partial charge in [-0.25, -0.2) is 8.78 Å². The van der Waals surface area contributed by atoms with E-state index in [1.165, 1.54) is 36.4 Å². The molecule has 0 atom stereocenters. The Labute approximate surface area is 103 Å². The van der Waals surface area contributed by atoms with Gasteiger partial charge in [0.1, 0.15) is 11.6 Å². The van der Waals surface area contributed by atoms with Crippen molar-refractivity contribution < 1.29 is 14.0 Å². The van der Waals surface area contributed by atoms with Crippen LogP contribution < -0.4 is 0 Å². The third-order valence-electron chi connectivity index (χ3n) is 2.58. The molecule has 18 heavy (non-hydrogen) atoms. The first-order chi connectivity index (χ1) is 8.69. The first-order valence-electron chi connectivity index (χ1n) is 5.40. The Morgan fingerprint density at radius 2 is 1.39 bits per heavy atom. The Kier molecular flexibility index (Phi) is 3.67. The quantitative estimate of drug-likeness (QED) is 0.503. The maximum absolute atomic E-state index is 12.8. The van der Waals surface area contributed by atoms with Gasteiger partial charge in [-0.2, -0.15) is 0 Å². The fourth-order valence-corrected chi connectivity index (χ4v) is 1.63. The first-order valence-corrected chi connectivity index (χ1v) is 5.40. The molecule has 0 aliphatic rings. The van der Waals surface area contributed by atoms with E-state index in [-0.39, 0.29) is 11.6 Å². The van der Waals surface area contributed by atoms with Crippen molar-refractivity contribution in [2.45, 2.75) is 6.42 Å². The van der Waals surface area contributed by atoms with Gasteiger partial charge in [-0.15, -0.1) is 0 Å². The monoisotopic (exact) mass is 247 g/mol. The van der Waals surface area contributed by atoms with Crippen molar-refractivity contribution in [2.75, 3.05) is 0 Å². The van der Waals surface area contributed by atoms with Crippen LogP contribution in [0.5, 0.6) is 0 Å². The fraction of sp³-hybridized carbons (Fsp3) is 0.0714. The molecule has 0 bridgehead atoms. The van der Waals surface area contributed by atoms with Gasteiger partial charge in [0.15, 0.2) is 0 Å². The number of halogens is 2. The van der Waals surface area contributed by atoms with E-state index < -0.39 is 0 Å². The second-order valence-corrected chi connectivity index (χ2v) is 3.86. The summed E-state index contributed by atoms with van der Waals surface area (Å²) in [5.41, 5.74) is 1.85. The van der Waals surface area contributed by atoms with Crippen LogP contribution >= 0.6 is 0 Å². The van der Waals surface area contributed by atoms with Crippen molar-refractivity contribution in [3.8, 4) is 0 Å². The molecule has 0 saturated heterocycles. The molecule has 0 aliphatic carbocycles. The predicted octanol–water partition coefficient (Wildman–Crippen LogP) is 3.39. The molecular formula is C14H11F2NO. The SMILES string of the molecule is O/N=C(\Cc1ccc(F)cc1)c1ccc(F)cc1. The zero-order valence-corrected chi connectivity index (χ0v) is 9.48. The van der Waals surface area contributed by atoms with Gasteiger partial charge in [0, 0.05) is 6.42 Å². The molecule has 0 spiro atoms. The van der Waals surface area contributed by atoms with Crippen molar-refractivity contribution in [3.05, 3.63) is 71.3 Å². The van der Waals surface area contributed by atoms with E-state index in [0.29, 0.717) is 17.7 Å². The third-order valence-corrected chi connectivity index (χ3v) is 2.58. The van der Waals surface area contributed by atoms with Crippen LogP contribution in [0.1, 0.15) is 11.1 Å². The van der Waals surface area contributed by atoms with E-state index in [0.717, 1.165) is 5.56 Å². The number of nitrogens with zero attached hydrogens (tertiary/aromatic N) is 1. The van der Waals surface area contributed by atoms with Gasteiger partial charge in [0.2, 0.25) is 0 Å². The van der Waals surface area contributed by atoms with E-state index in [1.807, 2.05) is 0 Å². The molecule has 2 aromatic rings. The van der Waals surface area contributed by atoms with Gasteiger partial charge in [0.25, 0.3) is 0 Å². The minimum Gasteiger partial charge on any atom is -0.411 e. The lowest BCUT2D eigenvalue weighted by atomic mass is 10.0. The standard InChI is InChI=1S/C14H11F2NO/c15-12-5-1-10(2-6-12)9-14(17-18)11-3-7-13(16)8-4-11/h1-8,18H,9H2/b17-14+. The second kappa shape index (κ2) is 5.40. The summed E-state index contributed by atoms with van der Waals surface area (Å²) in [7, 11) is 0. The van der Waals surface area contributed by atoms with E-state index in [2.05, 4.69) is 5.16 Å². The normalized spacial score (nSPS) is 11.6. The first kappa shape index (κ1) is 12.2. The summed E-state index contributed by atoms with van der Waals surface area (Å²) in [4.78, 5) is 0. The average molecular weight is 247 g/mol. The van der Waals surface area contributed by atoms with Crippen LogP contribution in [0.3, 0.4) is 0 Å². The summed E-state index contributed by atoms with van der Waals surface area (Å²) < 4.78 is 25.5. The molecule has 0 radical (unpaired) electrons. The molecule has 0 aliphatic heterocycles. The molecule has 0 aromatic heterocycles. The molecule has 2 aromatic carbocycles. The molecule has 0 saturated carbocycles. The Morgan fingerprint density at radius 1 is 0.889 bits per heavy atom. The molecule has 0 unspecified atom stereocenters. The summed E-state index contributed by atoms with van der Waals surface area (Å²) in [6, 6.07) is 11.6. The molecule has 0 fully saturated rings. The number of benzene rings is 2. The van der Waals surface area contributed by atoms with Crippen LogP contribution in [0.25, 0.3) is 0 Å². The van der Waals surface area contributed by atoms with Crippen LogP contribution in [-0.2, 0) is 6.42 Å². The van der Waals surface area contributed by atoms with Crippen molar-refractivity contribution in [1.82, 2.24) is 0 Å². The summed E-state index contributed by atoms with van der Waals surface area (Å²) in [5, 5.41) is 12.2. The molecular weight excluding hydrogens is 236 g/mol. The molecule has 92 valence electrons. The lowest BCUT2D eigenvalue weighted by Crippen LogP contribution is -2.05. The van der Waals surface area contributed by atoms with Crippen molar-refractivity contribution in [2.24, 2.45) is 5.16 Å². The molecule has 1 N–H and O–H groups in total. The number of hydrogen-bond acceptors (Lipinski definition) is 2. The average Bonchev–Trinajstić information content (AvgIpc) is 2.39. The van der Waals surface area contributed by atoms with Gasteiger partial charge in [-0.05, 0) is 35.4 Å². The summed E-state index contributed by atoms with van der Waals surface area (Å²) in [5.74, 6) is -0.666. The third kappa shape index (κ3) is 2.91. The van der Waals surface area contributed by atoms with Crippen LogP contribution in [0, 0.1) is 11.6 Å². The smallest absolute Gasteiger partial charge is 0.123 e. The highest BCUT2D eigenvalue weighted by molar-refractivity contribution is 6.01. The summed E-state index contributed by atoms with van der Waals surface area (Å²) in [6.07, 6.45) is 0.350. The molecule has 0 heterocycles. The van der Waals surface area contributed by atoms with Gasteiger partial charge in [-0.3, -0.25) is 0 Å². The van der Waals surface area contributed by atoms with Crippen molar-refractivity contribution in [1.29, 1.82) is 0 Å². The highest BCUT2D eigenvalue weighted by Crippen LogP contribution is 2.10. The second-order valence-electron chi connectivity index (χ2n) is 3.86. The van der Waals surface area contributed by atoms with Gasteiger partial charge in [-0.1, -0.05) is 29.4 Å². The van der Waals surface area contributed by atoms with Crippen molar-refractivity contribution >= 4 is 5.71 Å².